The van der Waals surface area contributed by atoms with E-state index in [9.17, 15) is 22.0 Å². The van der Waals surface area contributed by atoms with Crippen LogP contribution in [0.15, 0.2) is 12.1 Å². The fourth-order valence-corrected chi connectivity index (χ4v) is 1.36. The number of rotatable bonds is 1. The summed E-state index contributed by atoms with van der Waals surface area (Å²) < 4.78 is 62.9. The monoisotopic (exact) mass is 250 g/mol. The van der Waals surface area contributed by atoms with Crippen LogP contribution < -0.4 is 5.73 Å². The first-order valence-electron chi connectivity index (χ1n) is 4.36. The number of halogens is 5. The molecule has 0 aliphatic heterocycles. The second-order valence-electron chi connectivity index (χ2n) is 3.44. The number of nitriles is 1. The SMILES string of the molecule is Cc1cc(N)cc(C(F)(F)C(F)(F)F)c1C#N. The van der Waals surface area contributed by atoms with Crippen molar-refractivity contribution in [2.75, 3.05) is 5.73 Å². The van der Waals surface area contributed by atoms with Crippen LogP contribution >= 0.6 is 0 Å². The quantitative estimate of drug-likeness (QED) is 0.615. The molecule has 0 aliphatic carbocycles. The standard InChI is InChI=1S/C10H7F5N2/c1-5-2-6(17)3-8(7(5)4-16)9(11,12)10(13,14)15/h2-3H,17H2,1H3. The summed E-state index contributed by atoms with van der Waals surface area (Å²) in [7, 11) is 0. The van der Waals surface area contributed by atoms with Crippen molar-refractivity contribution in [2.24, 2.45) is 0 Å². The fourth-order valence-electron chi connectivity index (χ4n) is 1.36. The predicted molar refractivity (Wildman–Crippen MR) is 50.3 cm³/mol. The number of alkyl halides is 5. The van der Waals surface area contributed by atoms with E-state index in [1.165, 1.54) is 13.0 Å². The van der Waals surface area contributed by atoms with Crippen molar-refractivity contribution in [2.45, 2.75) is 19.0 Å². The molecule has 1 aromatic rings. The Balaban J connectivity index is 3.57. The van der Waals surface area contributed by atoms with Crippen molar-refractivity contribution >= 4 is 5.69 Å². The second kappa shape index (κ2) is 3.87. The smallest absolute Gasteiger partial charge is 0.399 e. The van der Waals surface area contributed by atoms with Gasteiger partial charge in [0.1, 0.15) is 0 Å². The summed E-state index contributed by atoms with van der Waals surface area (Å²) in [6.07, 6.45) is -5.77. The highest BCUT2D eigenvalue weighted by atomic mass is 19.4. The summed E-state index contributed by atoms with van der Waals surface area (Å²) in [5.74, 6) is -5.10. The lowest BCUT2D eigenvalue weighted by molar-refractivity contribution is -0.289. The molecule has 0 saturated carbocycles. The van der Waals surface area contributed by atoms with Crippen molar-refractivity contribution in [3.8, 4) is 6.07 Å². The Bertz CT molecular complexity index is 485. The molecule has 7 heteroatoms. The third kappa shape index (κ3) is 2.16. The van der Waals surface area contributed by atoms with Gasteiger partial charge in [0.05, 0.1) is 17.2 Å². The van der Waals surface area contributed by atoms with Crippen LogP contribution in [-0.4, -0.2) is 6.18 Å². The van der Waals surface area contributed by atoms with Crippen molar-refractivity contribution < 1.29 is 22.0 Å². The zero-order valence-corrected chi connectivity index (χ0v) is 8.57. The molecule has 0 radical (unpaired) electrons. The highest BCUT2D eigenvalue weighted by molar-refractivity contribution is 5.55. The predicted octanol–water partition coefficient (Wildman–Crippen LogP) is 3.10. The molecular weight excluding hydrogens is 243 g/mol. The topological polar surface area (TPSA) is 49.8 Å². The number of aryl methyl sites for hydroxylation is 1. The normalized spacial score (nSPS) is 12.3. The third-order valence-electron chi connectivity index (χ3n) is 2.16. The largest absolute Gasteiger partial charge is 0.458 e. The molecule has 92 valence electrons. The lowest BCUT2D eigenvalue weighted by Gasteiger charge is -2.21. The van der Waals surface area contributed by atoms with Gasteiger partial charge in [-0.25, -0.2) is 0 Å². The molecule has 1 rings (SSSR count). The van der Waals surface area contributed by atoms with Crippen LogP contribution in [0.3, 0.4) is 0 Å². The zero-order valence-electron chi connectivity index (χ0n) is 8.57. The van der Waals surface area contributed by atoms with Crippen LogP contribution in [0, 0.1) is 18.3 Å². The molecule has 17 heavy (non-hydrogen) atoms. The first-order chi connectivity index (χ1) is 7.61. The molecule has 2 N–H and O–H groups in total. The van der Waals surface area contributed by atoms with E-state index < -0.39 is 23.2 Å². The summed E-state index contributed by atoms with van der Waals surface area (Å²) in [5, 5.41) is 8.63. The van der Waals surface area contributed by atoms with Gasteiger partial charge in [-0.2, -0.15) is 27.2 Å². The van der Waals surface area contributed by atoms with Gasteiger partial charge in [0.2, 0.25) is 0 Å². The van der Waals surface area contributed by atoms with Crippen molar-refractivity contribution in [1.29, 1.82) is 5.26 Å². The molecule has 0 spiro atoms. The number of nitrogen functional groups attached to an aromatic ring is 1. The number of anilines is 1. The molecule has 0 atom stereocenters. The molecule has 0 amide bonds. The van der Waals surface area contributed by atoms with E-state index in [2.05, 4.69) is 0 Å². The minimum atomic E-state index is -5.77. The Hall–Kier alpha value is -1.84. The summed E-state index contributed by atoms with van der Waals surface area (Å²) >= 11 is 0. The van der Waals surface area contributed by atoms with Gasteiger partial charge in [-0.3, -0.25) is 0 Å². The first-order valence-corrected chi connectivity index (χ1v) is 4.36. The van der Waals surface area contributed by atoms with Gasteiger partial charge in [0, 0.05) is 5.69 Å². The van der Waals surface area contributed by atoms with E-state index in [0.717, 1.165) is 6.07 Å². The molecule has 0 saturated heterocycles. The van der Waals surface area contributed by atoms with Crippen LogP contribution in [0.25, 0.3) is 0 Å². The van der Waals surface area contributed by atoms with Gasteiger partial charge in [0.15, 0.2) is 0 Å². The molecule has 0 unspecified atom stereocenters. The Morgan fingerprint density at radius 2 is 1.71 bits per heavy atom. The maximum atomic E-state index is 13.1. The number of benzene rings is 1. The lowest BCUT2D eigenvalue weighted by atomic mass is 9.97. The number of nitrogens with zero attached hydrogens (tertiary/aromatic N) is 1. The van der Waals surface area contributed by atoms with Crippen LogP contribution in [0.2, 0.25) is 0 Å². The molecular formula is C10H7F5N2. The van der Waals surface area contributed by atoms with Gasteiger partial charge in [-0.05, 0) is 24.6 Å². The summed E-state index contributed by atoms with van der Waals surface area (Å²) in [6.45, 7) is 1.24. The van der Waals surface area contributed by atoms with Crippen molar-refractivity contribution in [1.82, 2.24) is 0 Å². The Morgan fingerprint density at radius 1 is 1.18 bits per heavy atom. The number of nitrogens with two attached hydrogens (primary N) is 1. The Kier molecular flexibility index (Phi) is 3.01. The van der Waals surface area contributed by atoms with Crippen molar-refractivity contribution in [3.05, 3.63) is 28.8 Å². The number of hydrogen-bond donors (Lipinski definition) is 1. The minimum absolute atomic E-state index is 0.0218. The second-order valence-corrected chi connectivity index (χ2v) is 3.44. The van der Waals surface area contributed by atoms with Gasteiger partial charge in [0.25, 0.3) is 0 Å². The average molecular weight is 250 g/mol. The van der Waals surface area contributed by atoms with E-state index >= 15 is 0 Å². The minimum Gasteiger partial charge on any atom is -0.399 e. The van der Waals surface area contributed by atoms with Gasteiger partial charge in [-0.1, -0.05) is 0 Å². The van der Waals surface area contributed by atoms with Crippen LogP contribution in [0.1, 0.15) is 16.7 Å². The highest BCUT2D eigenvalue weighted by Crippen LogP contribution is 2.45. The van der Waals surface area contributed by atoms with E-state index in [4.69, 9.17) is 11.0 Å². The number of hydrogen-bond acceptors (Lipinski definition) is 2. The molecule has 1 aromatic carbocycles. The molecule has 2 nitrogen and oxygen atoms in total. The Morgan fingerprint density at radius 3 is 2.12 bits per heavy atom. The summed E-state index contributed by atoms with van der Waals surface area (Å²) in [4.78, 5) is 0. The zero-order chi connectivity index (χ0) is 13.4. The van der Waals surface area contributed by atoms with E-state index in [0.29, 0.717) is 6.07 Å². The van der Waals surface area contributed by atoms with Gasteiger partial charge in [-0.15, -0.1) is 0 Å². The maximum Gasteiger partial charge on any atom is 0.458 e. The van der Waals surface area contributed by atoms with Gasteiger partial charge >= 0.3 is 12.1 Å². The van der Waals surface area contributed by atoms with Gasteiger partial charge < -0.3 is 5.73 Å². The van der Waals surface area contributed by atoms with Crippen LogP contribution in [-0.2, 0) is 5.92 Å². The summed E-state index contributed by atoms with van der Waals surface area (Å²) in [5.41, 5.74) is 2.82. The van der Waals surface area contributed by atoms with Crippen LogP contribution in [0.5, 0.6) is 0 Å². The molecule has 0 heterocycles. The fraction of sp³-hybridized carbons (Fsp3) is 0.300. The molecule has 0 bridgehead atoms. The summed E-state index contributed by atoms with van der Waals surface area (Å²) in [6, 6.07) is 2.97. The van der Waals surface area contributed by atoms with E-state index in [-0.39, 0.29) is 11.3 Å². The van der Waals surface area contributed by atoms with Crippen molar-refractivity contribution in [3.63, 3.8) is 0 Å². The first kappa shape index (κ1) is 13.2. The van der Waals surface area contributed by atoms with Crippen LogP contribution in [0.4, 0.5) is 27.6 Å². The maximum absolute atomic E-state index is 13.1. The average Bonchev–Trinajstić information content (AvgIpc) is 2.14. The highest BCUT2D eigenvalue weighted by Gasteiger charge is 2.59. The lowest BCUT2D eigenvalue weighted by Crippen LogP contribution is -2.34. The molecule has 0 aromatic heterocycles. The Labute approximate surface area is 93.5 Å². The molecule has 0 fully saturated rings. The third-order valence-corrected chi connectivity index (χ3v) is 2.16. The van der Waals surface area contributed by atoms with E-state index in [1.807, 2.05) is 0 Å². The molecule has 0 aliphatic rings. The van der Waals surface area contributed by atoms with E-state index in [1.54, 1.807) is 0 Å².